The number of benzene rings is 3. The van der Waals surface area contributed by atoms with Crippen LogP contribution in [0.2, 0.25) is 5.02 Å². The Morgan fingerprint density at radius 2 is 1.55 bits per heavy atom. The Kier molecular flexibility index (Phi) is 11.2. The number of nitrogens with zero attached hydrogens (tertiary/aromatic N) is 1. The van der Waals surface area contributed by atoms with Crippen molar-refractivity contribution in [2.24, 2.45) is 0 Å². The number of rotatable bonds is 11. The fourth-order valence-corrected chi connectivity index (χ4v) is 6.07. The lowest BCUT2D eigenvalue weighted by Gasteiger charge is -2.33. The molecule has 0 radical (unpaired) electrons. The van der Waals surface area contributed by atoms with Gasteiger partial charge in [-0.05, 0) is 53.8 Å². The molecule has 0 aliphatic heterocycles. The minimum Gasteiger partial charge on any atom is -0.352 e. The van der Waals surface area contributed by atoms with Crippen LogP contribution < -0.4 is 5.32 Å². The second kappa shape index (κ2) is 14.8. The number of hydrogen-bond donors (Lipinski definition) is 1. The van der Waals surface area contributed by atoms with Crippen molar-refractivity contribution in [1.29, 1.82) is 0 Å². The number of carbonyl (C=O) groups is 2. The van der Waals surface area contributed by atoms with E-state index in [2.05, 4.69) is 33.4 Å². The van der Waals surface area contributed by atoms with E-state index in [1.165, 1.54) is 6.42 Å². The fourth-order valence-electron chi connectivity index (χ4n) is 4.80. The first kappa shape index (κ1) is 28.7. The number of hydrogen-bond acceptors (Lipinski definition) is 3. The predicted molar refractivity (Wildman–Crippen MR) is 161 cm³/mol. The first-order valence-electron chi connectivity index (χ1n) is 13.2. The molecule has 2 amide bonds. The third-order valence-electron chi connectivity index (χ3n) is 6.90. The molecular weight excluding hydrogens is 580 g/mol. The van der Waals surface area contributed by atoms with Crippen molar-refractivity contribution in [2.75, 3.05) is 5.75 Å². The van der Waals surface area contributed by atoms with Gasteiger partial charge in [-0.15, -0.1) is 11.8 Å². The summed E-state index contributed by atoms with van der Waals surface area (Å²) >= 11 is 11.2. The number of amides is 2. The molecule has 0 unspecified atom stereocenters. The summed E-state index contributed by atoms with van der Waals surface area (Å²) in [6.45, 7) is 0.352. The van der Waals surface area contributed by atoms with Gasteiger partial charge in [-0.25, -0.2) is 0 Å². The van der Waals surface area contributed by atoms with Crippen molar-refractivity contribution in [3.8, 4) is 0 Å². The Labute approximate surface area is 243 Å². The van der Waals surface area contributed by atoms with E-state index in [4.69, 9.17) is 11.6 Å². The second-order valence-corrected chi connectivity index (χ2v) is 12.2. The summed E-state index contributed by atoms with van der Waals surface area (Å²) in [5, 5.41) is 3.94. The first-order valence-corrected chi connectivity index (χ1v) is 15.5. The van der Waals surface area contributed by atoms with Crippen molar-refractivity contribution in [3.05, 3.63) is 105 Å². The Morgan fingerprint density at radius 3 is 2.24 bits per heavy atom. The molecule has 1 saturated carbocycles. The zero-order valence-corrected chi connectivity index (χ0v) is 24.6. The average Bonchev–Trinajstić information content (AvgIpc) is 2.94. The Bertz CT molecular complexity index is 1170. The van der Waals surface area contributed by atoms with Gasteiger partial charge in [-0.2, -0.15) is 0 Å². The molecule has 200 valence electrons. The lowest BCUT2D eigenvalue weighted by atomic mass is 9.94. The van der Waals surface area contributed by atoms with Crippen LogP contribution in [0.5, 0.6) is 0 Å². The molecule has 0 spiro atoms. The highest BCUT2D eigenvalue weighted by Gasteiger charge is 2.31. The highest BCUT2D eigenvalue weighted by atomic mass is 79.9. The fraction of sp³-hybridized carbons (Fsp3) is 0.355. The summed E-state index contributed by atoms with van der Waals surface area (Å²) in [6, 6.07) is 25.2. The molecule has 0 bridgehead atoms. The molecule has 0 saturated heterocycles. The molecule has 1 aliphatic rings. The molecule has 3 aromatic carbocycles. The van der Waals surface area contributed by atoms with E-state index in [-0.39, 0.29) is 17.9 Å². The summed E-state index contributed by atoms with van der Waals surface area (Å²) in [5.41, 5.74) is 3.14. The summed E-state index contributed by atoms with van der Waals surface area (Å²) in [5.74, 6) is 0.916. The molecule has 0 heterocycles. The van der Waals surface area contributed by atoms with Gasteiger partial charge in [0.2, 0.25) is 11.8 Å². The monoisotopic (exact) mass is 612 g/mol. The molecule has 1 N–H and O–H groups in total. The van der Waals surface area contributed by atoms with Crippen LogP contribution >= 0.6 is 39.3 Å². The molecule has 1 atom stereocenters. The van der Waals surface area contributed by atoms with Gasteiger partial charge in [-0.1, -0.05) is 101 Å². The Hall–Kier alpha value is -2.28. The predicted octanol–water partition coefficient (Wildman–Crippen LogP) is 7.42. The molecule has 4 nitrogen and oxygen atoms in total. The van der Waals surface area contributed by atoms with Gasteiger partial charge in [0.25, 0.3) is 0 Å². The van der Waals surface area contributed by atoms with Gasteiger partial charge in [0, 0.05) is 34.3 Å². The van der Waals surface area contributed by atoms with Crippen LogP contribution in [0.25, 0.3) is 0 Å². The van der Waals surface area contributed by atoms with Gasteiger partial charge in [0.1, 0.15) is 6.04 Å². The quantitative estimate of drug-likeness (QED) is 0.245. The number of carbonyl (C=O) groups excluding carboxylic acids is 2. The van der Waals surface area contributed by atoms with Crippen molar-refractivity contribution in [3.63, 3.8) is 0 Å². The highest BCUT2D eigenvalue weighted by Crippen LogP contribution is 2.22. The summed E-state index contributed by atoms with van der Waals surface area (Å²) in [4.78, 5) is 29.3. The average molecular weight is 614 g/mol. The van der Waals surface area contributed by atoms with Crippen molar-refractivity contribution in [1.82, 2.24) is 10.2 Å². The topological polar surface area (TPSA) is 49.4 Å². The summed E-state index contributed by atoms with van der Waals surface area (Å²) < 4.78 is 1.03. The molecule has 7 heteroatoms. The largest absolute Gasteiger partial charge is 0.352 e. The number of nitrogens with one attached hydrogen (secondary N) is 1. The Morgan fingerprint density at radius 1 is 0.895 bits per heavy atom. The zero-order chi connectivity index (χ0) is 26.7. The molecule has 1 fully saturated rings. The molecule has 0 aromatic heterocycles. The first-order chi connectivity index (χ1) is 18.5. The maximum Gasteiger partial charge on any atom is 0.243 e. The van der Waals surface area contributed by atoms with Crippen molar-refractivity contribution in [2.45, 2.75) is 62.9 Å². The summed E-state index contributed by atoms with van der Waals surface area (Å²) in [7, 11) is 0. The van der Waals surface area contributed by atoms with E-state index in [9.17, 15) is 9.59 Å². The number of thioether (sulfide) groups is 1. The standard InChI is InChI=1S/C31H34BrClN2O2S/c32-26-15-11-25(12-16-26)21-38-22-30(36)35(20-24-13-17-27(33)18-14-24)29(19-23-7-3-1-4-8-23)31(37)34-28-9-5-2-6-10-28/h1,3-4,7-8,11-18,28-29H,2,5-6,9-10,19-22H2,(H,34,37)/t29-/m1/s1. The third-order valence-corrected chi connectivity index (χ3v) is 8.67. The maximum atomic E-state index is 13.8. The molecular formula is C31H34BrClN2O2S. The van der Waals surface area contributed by atoms with E-state index in [0.717, 1.165) is 52.6 Å². The minimum atomic E-state index is -0.601. The van der Waals surface area contributed by atoms with Crippen LogP contribution in [-0.2, 0) is 28.3 Å². The third kappa shape index (κ3) is 8.89. The van der Waals surface area contributed by atoms with Crippen LogP contribution in [0.4, 0.5) is 0 Å². The molecule has 4 rings (SSSR count). The van der Waals surface area contributed by atoms with Crippen LogP contribution in [-0.4, -0.2) is 34.6 Å². The van der Waals surface area contributed by atoms with Crippen LogP contribution in [0.15, 0.2) is 83.3 Å². The van der Waals surface area contributed by atoms with E-state index in [1.54, 1.807) is 16.7 Å². The van der Waals surface area contributed by atoms with Gasteiger partial charge in [-0.3, -0.25) is 9.59 Å². The lowest BCUT2D eigenvalue weighted by Crippen LogP contribution is -2.53. The zero-order valence-electron chi connectivity index (χ0n) is 21.5. The van der Waals surface area contributed by atoms with Gasteiger partial charge < -0.3 is 10.2 Å². The summed E-state index contributed by atoms with van der Waals surface area (Å²) in [6.07, 6.45) is 5.95. The van der Waals surface area contributed by atoms with Crippen molar-refractivity contribution >= 4 is 51.1 Å². The van der Waals surface area contributed by atoms with Crippen LogP contribution in [0.3, 0.4) is 0 Å². The lowest BCUT2D eigenvalue weighted by molar-refractivity contribution is -0.139. The number of halogens is 2. The SMILES string of the molecule is O=C(NC1CCCCC1)[C@@H](Cc1ccccc1)N(Cc1ccc(Cl)cc1)C(=O)CSCc1ccc(Br)cc1. The van der Waals surface area contributed by atoms with Gasteiger partial charge in [0.15, 0.2) is 0 Å². The molecule has 1 aliphatic carbocycles. The highest BCUT2D eigenvalue weighted by molar-refractivity contribution is 9.10. The van der Waals surface area contributed by atoms with Crippen LogP contribution in [0.1, 0.15) is 48.8 Å². The van der Waals surface area contributed by atoms with E-state index in [1.807, 2.05) is 66.7 Å². The van der Waals surface area contributed by atoms with E-state index < -0.39 is 6.04 Å². The maximum absolute atomic E-state index is 13.8. The second-order valence-electron chi connectivity index (χ2n) is 9.82. The van der Waals surface area contributed by atoms with Crippen LogP contribution in [0, 0.1) is 0 Å². The molecule has 3 aromatic rings. The molecule has 38 heavy (non-hydrogen) atoms. The van der Waals surface area contributed by atoms with Gasteiger partial charge >= 0.3 is 0 Å². The van der Waals surface area contributed by atoms with E-state index >= 15 is 0 Å². The normalized spacial score (nSPS) is 14.6. The smallest absolute Gasteiger partial charge is 0.243 e. The van der Waals surface area contributed by atoms with E-state index in [0.29, 0.717) is 23.7 Å². The van der Waals surface area contributed by atoms with Crippen molar-refractivity contribution < 1.29 is 9.59 Å². The van der Waals surface area contributed by atoms with Gasteiger partial charge in [0.05, 0.1) is 5.75 Å². The minimum absolute atomic E-state index is 0.0400. The Balaban J connectivity index is 1.55.